The van der Waals surface area contributed by atoms with E-state index in [1.54, 1.807) is 0 Å². The maximum atomic E-state index is 9.72. The van der Waals surface area contributed by atoms with Gasteiger partial charge in [-0.05, 0) is 10.5 Å². The van der Waals surface area contributed by atoms with Crippen LogP contribution in [0.1, 0.15) is 13.8 Å². The molecule has 0 amide bonds. The molecule has 0 saturated carbocycles. The van der Waals surface area contributed by atoms with Crippen molar-refractivity contribution in [2.45, 2.75) is 13.8 Å². The van der Waals surface area contributed by atoms with Gasteiger partial charge in [0.1, 0.15) is 6.61 Å². The molecule has 0 aliphatic heterocycles. The average Bonchev–Trinajstić information content (AvgIpc) is 1.61. The van der Waals surface area contributed by atoms with E-state index in [9.17, 15) is 9.46 Å². The van der Waals surface area contributed by atoms with E-state index in [0.717, 1.165) is 0 Å². The molecule has 0 aliphatic rings. The minimum Gasteiger partial charge on any atom is -0.566 e. The van der Waals surface area contributed by atoms with E-state index in [0.29, 0.717) is 6.61 Å². The van der Waals surface area contributed by atoms with Crippen molar-refractivity contribution < 1.29 is 31.1 Å². The van der Waals surface area contributed by atoms with Crippen LogP contribution in [-0.4, -0.2) is 6.61 Å². The molecule has 0 fully saturated rings. The number of rotatable bonds is 3. The molecule has 0 aromatic carbocycles. The Morgan fingerprint density at radius 3 is 2.22 bits per heavy atom. The van der Waals surface area contributed by atoms with Crippen LogP contribution in [0, 0.1) is 5.92 Å². The molecule has 0 aliphatic carbocycles. The van der Waals surface area contributed by atoms with Crippen molar-refractivity contribution >= 4 is 8.25 Å². The first-order valence-corrected chi connectivity index (χ1v) is 3.49. The molecule has 1 unspecified atom stereocenters. The van der Waals surface area contributed by atoms with Crippen LogP contribution in [0.3, 0.4) is 0 Å². The molecule has 0 saturated heterocycles. The summed E-state index contributed by atoms with van der Waals surface area (Å²) in [6.07, 6.45) is 0. The molecule has 9 heavy (non-hydrogen) atoms. The van der Waals surface area contributed by atoms with Gasteiger partial charge in [0, 0.05) is 0 Å². The van der Waals surface area contributed by atoms with Crippen LogP contribution in [0.25, 0.3) is 0 Å². The zero-order valence-electron chi connectivity index (χ0n) is 5.26. The van der Waals surface area contributed by atoms with Crippen molar-refractivity contribution in [2.24, 2.45) is 5.92 Å². The van der Waals surface area contributed by atoms with Crippen LogP contribution in [-0.2, 0) is 26.2 Å². The summed E-state index contributed by atoms with van der Waals surface area (Å²) in [7, 11) is -2.63. The molecule has 0 aromatic heterocycles. The topological polar surface area (TPSA) is 49.4 Å². The predicted octanol–water partition coefficient (Wildman–Crippen LogP) is 0.674. The fourth-order valence-corrected chi connectivity index (χ4v) is 0.630. The second-order valence-corrected chi connectivity index (χ2v) is 2.62. The standard InChI is InChI=1S/C4H9O3P.Cu/c1-4(2)3-7-8(5)6;/h4H,3H2,1-2H3;/q;+1. The quantitative estimate of drug-likeness (QED) is 0.496. The summed E-state index contributed by atoms with van der Waals surface area (Å²) in [5, 5.41) is 0. The molecule has 0 rings (SSSR count). The van der Waals surface area contributed by atoms with Gasteiger partial charge in [0.2, 0.25) is 0 Å². The normalized spacial score (nSPS) is 10.9. The molecule has 1 atom stereocenters. The minimum absolute atomic E-state index is 0. The van der Waals surface area contributed by atoms with Crippen molar-refractivity contribution in [2.75, 3.05) is 6.61 Å². The molecule has 0 heterocycles. The van der Waals surface area contributed by atoms with Crippen LogP contribution >= 0.6 is 8.25 Å². The molecule has 0 aromatic rings. The molecule has 0 N–H and O–H groups in total. The van der Waals surface area contributed by atoms with Gasteiger partial charge in [0.05, 0.1) is 0 Å². The summed E-state index contributed by atoms with van der Waals surface area (Å²) < 4.78 is 14.0. The summed E-state index contributed by atoms with van der Waals surface area (Å²) in [5.41, 5.74) is 0. The van der Waals surface area contributed by atoms with Crippen molar-refractivity contribution in [3.8, 4) is 0 Å². The Labute approximate surface area is 66.2 Å². The van der Waals surface area contributed by atoms with Crippen molar-refractivity contribution in [3.63, 3.8) is 0 Å². The number of hydrogen-bond donors (Lipinski definition) is 0. The fraction of sp³-hybridized carbons (Fsp3) is 1.00. The summed E-state index contributed by atoms with van der Waals surface area (Å²) in [6, 6.07) is 0. The summed E-state index contributed by atoms with van der Waals surface area (Å²) >= 11 is 0. The summed E-state index contributed by atoms with van der Waals surface area (Å²) in [4.78, 5) is 9.72. The van der Waals surface area contributed by atoms with Crippen molar-refractivity contribution in [3.05, 3.63) is 0 Å². The van der Waals surface area contributed by atoms with Crippen molar-refractivity contribution in [1.29, 1.82) is 0 Å². The molecule has 0 spiro atoms. The van der Waals surface area contributed by atoms with Gasteiger partial charge < -0.3 is 4.89 Å². The van der Waals surface area contributed by atoms with E-state index >= 15 is 0 Å². The fourth-order valence-electron chi connectivity index (χ4n) is 0.210. The number of hydrogen-bond acceptors (Lipinski definition) is 3. The molecular weight excluding hydrogens is 191 g/mol. The Morgan fingerprint density at radius 2 is 2.11 bits per heavy atom. The second kappa shape index (κ2) is 6.66. The third-order valence-electron chi connectivity index (χ3n) is 0.513. The second-order valence-electron chi connectivity index (χ2n) is 1.91. The van der Waals surface area contributed by atoms with Gasteiger partial charge in [-0.3, -0.25) is 0 Å². The maximum absolute atomic E-state index is 9.72. The van der Waals surface area contributed by atoms with Gasteiger partial charge in [-0.2, -0.15) is 0 Å². The van der Waals surface area contributed by atoms with Crippen LogP contribution in [0.15, 0.2) is 0 Å². The van der Waals surface area contributed by atoms with Gasteiger partial charge >= 0.3 is 25.3 Å². The van der Waals surface area contributed by atoms with E-state index in [-0.39, 0.29) is 23.0 Å². The first-order valence-electron chi connectivity index (χ1n) is 2.40. The smallest absolute Gasteiger partial charge is 0.566 e. The Hall–Kier alpha value is 0.539. The van der Waals surface area contributed by atoms with Crippen LogP contribution < -0.4 is 4.89 Å². The molecule has 3 nitrogen and oxygen atoms in total. The third kappa shape index (κ3) is 11.9. The van der Waals surface area contributed by atoms with Gasteiger partial charge in [-0.25, -0.2) is 0 Å². The van der Waals surface area contributed by atoms with Gasteiger partial charge in [0.15, 0.2) is 0 Å². The van der Waals surface area contributed by atoms with E-state index in [1.807, 2.05) is 13.8 Å². The Balaban J connectivity index is 0. The Kier molecular flexibility index (Phi) is 9.05. The van der Waals surface area contributed by atoms with Crippen molar-refractivity contribution in [1.82, 2.24) is 0 Å². The Morgan fingerprint density at radius 1 is 1.67 bits per heavy atom. The maximum Gasteiger partial charge on any atom is 1.00 e. The van der Waals surface area contributed by atoms with Gasteiger partial charge in [-0.1, -0.05) is 13.8 Å². The molecule has 5 heteroatoms. The molecule has 58 valence electrons. The largest absolute Gasteiger partial charge is 1.00 e. The van der Waals surface area contributed by atoms with Crippen LogP contribution in [0.5, 0.6) is 0 Å². The van der Waals surface area contributed by atoms with E-state index in [2.05, 4.69) is 4.52 Å². The van der Waals surface area contributed by atoms with E-state index in [1.165, 1.54) is 0 Å². The van der Waals surface area contributed by atoms with E-state index in [4.69, 9.17) is 0 Å². The Bertz CT molecular complexity index is 85.9. The minimum atomic E-state index is -2.63. The van der Waals surface area contributed by atoms with Gasteiger partial charge in [-0.15, -0.1) is 4.52 Å². The summed E-state index contributed by atoms with van der Waals surface area (Å²) in [6.45, 7) is 4.07. The zero-order valence-corrected chi connectivity index (χ0v) is 7.09. The first kappa shape index (κ1) is 12.2. The molecule has 0 radical (unpaired) electrons. The van der Waals surface area contributed by atoms with Gasteiger partial charge in [0.25, 0.3) is 0 Å². The third-order valence-corrected chi connectivity index (χ3v) is 0.873. The van der Waals surface area contributed by atoms with Crippen LogP contribution in [0.2, 0.25) is 0 Å². The first-order chi connectivity index (χ1) is 3.63. The van der Waals surface area contributed by atoms with E-state index < -0.39 is 8.25 Å². The monoisotopic (exact) mass is 199 g/mol. The zero-order chi connectivity index (χ0) is 6.57. The summed E-state index contributed by atoms with van der Waals surface area (Å²) in [5.74, 6) is 0.280. The predicted molar refractivity (Wildman–Crippen MR) is 28.4 cm³/mol. The average molecular weight is 200 g/mol. The molecular formula is C4H9CuO3P+. The molecule has 0 bridgehead atoms. The SMILES string of the molecule is CC(C)CO[P+](=O)[O-].[Cu+]. The van der Waals surface area contributed by atoms with Crippen LogP contribution in [0.4, 0.5) is 0 Å².